The van der Waals surface area contributed by atoms with Crippen LogP contribution in [0.5, 0.6) is 0 Å². The van der Waals surface area contributed by atoms with Gasteiger partial charge < -0.3 is 5.73 Å². The molecule has 0 bridgehead atoms. The Kier molecular flexibility index (Phi) is 2.64. The third-order valence-corrected chi connectivity index (χ3v) is 4.29. The molecule has 1 heterocycles. The van der Waals surface area contributed by atoms with Crippen molar-refractivity contribution in [1.29, 1.82) is 0 Å². The first-order valence-corrected chi connectivity index (χ1v) is 6.40. The van der Waals surface area contributed by atoms with Gasteiger partial charge in [-0.1, -0.05) is 0 Å². The van der Waals surface area contributed by atoms with Crippen molar-refractivity contribution in [2.24, 2.45) is 11.1 Å². The van der Waals surface area contributed by atoms with E-state index in [2.05, 4.69) is 0 Å². The highest BCUT2D eigenvalue weighted by atomic mass is 32.2. The molecule has 5 nitrogen and oxygen atoms in total. The molecule has 1 saturated heterocycles. The molecule has 0 saturated carbocycles. The maximum absolute atomic E-state index is 11.8. The number of hydrogen-bond acceptors (Lipinski definition) is 4. The molecular weight excluding hydrogens is 216 g/mol. The average molecular weight is 234 g/mol. The van der Waals surface area contributed by atoms with Gasteiger partial charge in [0.2, 0.25) is 15.9 Å². The summed E-state index contributed by atoms with van der Waals surface area (Å²) < 4.78 is 24.3. The number of amides is 1. The summed E-state index contributed by atoms with van der Waals surface area (Å²) >= 11 is 0. The highest BCUT2D eigenvalue weighted by molar-refractivity contribution is 7.90. The topological polar surface area (TPSA) is 80.5 Å². The van der Waals surface area contributed by atoms with Gasteiger partial charge in [0.25, 0.3) is 0 Å². The monoisotopic (exact) mass is 234 g/mol. The molecule has 1 aliphatic rings. The van der Waals surface area contributed by atoms with Crippen LogP contribution in [-0.2, 0) is 14.8 Å². The van der Waals surface area contributed by atoms with Gasteiger partial charge in [-0.3, -0.25) is 4.79 Å². The van der Waals surface area contributed by atoms with E-state index in [0.717, 1.165) is 4.31 Å². The lowest BCUT2D eigenvalue weighted by Gasteiger charge is -2.25. The van der Waals surface area contributed by atoms with Crippen molar-refractivity contribution in [1.82, 2.24) is 4.31 Å². The maximum atomic E-state index is 11.8. The standard InChI is InChI=1S/C9H18N2O3S/c1-8(2)6-15(13,14)11(7(8)12)5-9(3,4)10/h5-6,10H2,1-4H3. The highest BCUT2D eigenvalue weighted by Gasteiger charge is 2.49. The molecule has 0 unspecified atom stereocenters. The Morgan fingerprint density at radius 3 is 2.20 bits per heavy atom. The number of carbonyl (C=O) groups is 1. The van der Waals surface area contributed by atoms with E-state index in [1.54, 1.807) is 27.7 Å². The summed E-state index contributed by atoms with van der Waals surface area (Å²) in [6.07, 6.45) is 0. The van der Waals surface area contributed by atoms with Crippen molar-refractivity contribution in [3.8, 4) is 0 Å². The summed E-state index contributed by atoms with van der Waals surface area (Å²) in [5.74, 6) is -0.490. The van der Waals surface area contributed by atoms with Crippen molar-refractivity contribution in [3.63, 3.8) is 0 Å². The predicted molar refractivity (Wildman–Crippen MR) is 57.5 cm³/mol. The fraction of sp³-hybridized carbons (Fsp3) is 0.889. The lowest BCUT2D eigenvalue weighted by molar-refractivity contribution is -0.132. The van der Waals surface area contributed by atoms with Crippen LogP contribution in [0, 0.1) is 5.41 Å². The summed E-state index contributed by atoms with van der Waals surface area (Å²) in [5, 5.41) is 0. The van der Waals surface area contributed by atoms with E-state index in [1.165, 1.54) is 0 Å². The summed E-state index contributed by atoms with van der Waals surface area (Å²) in [6, 6.07) is 0. The van der Waals surface area contributed by atoms with Gasteiger partial charge in [0.15, 0.2) is 0 Å². The predicted octanol–water partition coefficient (Wildman–Crippen LogP) is -0.0781. The molecule has 6 heteroatoms. The highest BCUT2D eigenvalue weighted by Crippen LogP contribution is 2.32. The first kappa shape index (κ1) is 12.4. The largest absolute Gasteiger partial charge is 0.324 e. The van der Waals surface area contributed by atoms with Crippen LogP contribution in [0.4, 0.5) is 0 Å². The molecule has 0 spiro atoms. The third-order valence-electron chi connectivity index (χ3n) is 2.24. The fourth-order valence-corrected chi connectivity index (χ4v) is 3.82. The quantitative estimate of drug-likeness (QED) is 0.724. The van der Waals surface area contributed by atoms with E-state index >= 15 is 0 Å². The van der Waals surface area contributed by atoms with Crippen LogP contribution >= 0.6 is 0 Å². The van der Waals surface area contributed by atoms with E-state index in [4.69, 9.17) is 5.73 Å². The molecule has 1 fully saturated rings. The molecule has 0 radical (unpaired) electrons. The number of hydrogen-bond donors (Lipinski definition) is 1. The number of sulfonamides is 1. The van der Waals surface area contributed by atoms with E-state index in [1.807, 2.05) is 0 Å². The van der Waals surface area contributed by atoms with Crippen LogP contribution in [0.1, 0.15) is 27.7 Å². The second kappa shape index (κ2) is 3.18. The van der Waals surface area contributed by atoms with E-state index in [-0.39, 0.29) is 18.2 Å². The molecule has 2 N–H and O–H groups in total. The third kappa shape index (κ3) is 2.49. The average Bonchev–Trinajstić information content (AvgIpc) is 2.06. The van der Waals surface area contributed by atoms with E-state index in [0.29, 0.717) is 0 Å². The van der Waals surface area contributed by atoms with Gasteiger partial charge in [0.1, 0.15) is 0 Å². The molecule has 88 valence electrons. The normalized spacial score (nSPS) is 24.6. The van der Waals surface area contributed by atoms with Crippen LogP contribution < -0.4 is 5.73 Å². The van der Waals surface area contributed by atoms with Crippen LogP contribution in [0.25, 0.3) is 0 Å². The van der Waals surface area contributed by atoms with E-state index < -0.39 is 21.0 Å². The van der Waals surface area contributed by atoms with Gasteiger partial charge in [-0.2, -0.15) is 0 Å². The minimum Gasteiger partial charge on any atom is -0.324 e. The Bertz CT molecular complexity index is 379. The minimum absolute atomic E-state index is 0.0393. The van der Waals surface area contributed by atoms with Gasteiger partial charge in [0.05, 0.1) is 17.7 Å². The van der Waals surface area contributed by atoms with Gasteiger partial charge >= 0.3 is 0 Å². The first-order valence-electron chi connectivity index (χ1n) is 4.79. The van der Waals surface area contributed by atoms with Crippen molar-refractivity contribution < 1.29 is 13.2 Å². The molecule has 0 aromatic rings. The molecule has 1 aliphatic heterocycles. The summed E-state index contributed by atoms with van der Waals surface area (Å²) in [4.78, 5) is 11.8. The molecule has 0 aliphatic carbocycles. The fourth-order valence-electron chi connectivity index (χ4n) is 1.60. The first-order chi connectivity index (χ1) is 6.46. The van der Waals surface area contributed by atoms with Crippen molar-refractivity contribution >= 4 is 15.9 Å². The summed E-state index contributed by atoms with van der Waals surface area (Å²) in [5.41, 5.74) is 4.19. The van der Waals surface area contributed by atoms with Gasteiger partial charge in [-0.15, -0.1) is 0 Å². The second-order valence-corrected chi connectivity index (χ2v) is 7.33. The molecule has 0 aromatic heterocycles. The van der Waals surface area contributed by atoms with Crippen LogP contribution in [0.2, 0.25) is 0 Å². The smallest absolute Gasteiger partial charge is 0.242 e. The summed E-state index contributed by atoms with van der Waals surface area (Å²) in [6.45, 7) is 6.70. The molecule has 0 aromatic carbocycles. The lowest BCUT2D eigenvalue weighted by atomic mass is 9.95. The molecule has 0 atom stereocenters. The van der Waals surface area contributed by atoms with Gasteiger partial charge in [-0.25, -0.2) is 12.7 Å². The van der Waals surface area contributed by atoms with Gasteiger partial charge in [0, 0.05) is 5.54 Å². The Labute approximate surface area is 90.7 Å². The molecule has 15 heavy (non-hydrogen) atoms. The Hall–Kier alpha value is -0.620. The van der Waals surface area contributed by atoms with Crippen molar-refractivity contribution in [3.05, 3.63) is 0 Å². The van der Waals surface area contributed by atoms with E-state index in [9.17, 15) is 13.2 Å². The van der Waals surface area contributed by atoms with Crippen molar-refractivity contribution in [2.45, 2.75) is 33.2 Å². The maximum Gasteiger partial charge on any atom is 0.242 e. The number of rotatable bonds is 2. The Morgan fingerprint density at radius 2 is 1.93 bits per heavy atom. The SMILES string of the molecule is CC(C)(N)CN1C(=O)C(C)(C)CS1(=O)=O. The van der Waals surface area contributed by atoms with Crippen LogP contribution in [-0.4, -0.2) is 36.5 Å². The number of nitrogens with two attached hydrogens (primary N) is 1. The Balaban J connectivity index is 3.04. The zero-order valence-electron chi connectivity index (χ0n) is 9.57. The zero-order valence-corrected chi connectivity index (χ0v) is 10.4. The zero-order chi connectivity index (χ0) is 12.1. The number of nitrogens with zero attached hydrogens (tertiary/aromatic N) is 1. The lowest BCUT2D eigenvalue weighted by Crippen LogP contribution is -2.48. The molecule has 1 rings (SSSR count). The second-order valence-electron chi connectivity index (χ2n) is 5.44. The summed E-state index contributed by atoms with van der Waals surface area (Å²) in [7, 11) is -3.47. The van der Waals surface area contributed by atoms with Crippen LogP contribution in [0.15, 0.2) is 0 Å². The van der Waals surface area contributed by atoms with Gasteiger partial charge in [-0.05, 0) is 27.7 Å². The molecule has 1 amide bonds. The van der Waals surface area contributed by atoms with Crippen LogP contribution in [0.3, 0.4) is 0 Å². The minimum atomic E-state index is -3.47. The Morgan fingerprint density at radius 1 is 1.47 bits per heavy atom. The van der Waals surface area contributed by atoms with Crippen molar-refractivity contribution in [2.75, 3.05) is 12.3 Å². The number of carbonyl (C=O) groups excluding carboxylic acids is 1. The molecular formula is C9H18N2O3S.